The van der Waals surface area contributed by atoms with E-state index in [1.54, 1.807) is 0 Å². The fourth-order valence-corrected chi connectivity index (χ4v) is 17.1. The van der Waals surface area contributed by atoms with Gasteiger partial charge in [-0.3, -0.25) is 17.6 Å². The highest BCUT2D eigenvalue weighted by atomic mass is 15.3. The number of hydrogen-bond donors (Lipinski definition) is 0. The first-order valence-corrected chi connectivity index (χ1v) is 38.2. The van der Waals surface area contributed by atoms with E-state index in [1.165, 1.54) is 61.5 Å². The van der Waals surface area contributed by atoms with Crippen LogP contribution < -0.4 is 36.5 Å². The molecular formula is C90H96N24+8. The molecule has 0 radical (unpaired) electrons. The molecule has 114 heavy (non-hydrogen) atoms. The summed E-state index contributed by atoms with van der Waals surface area (Å²) in [5.74, 6) is 8.33. The lowest BCUT2D eigenvalue weighted by Crippen LogP contribution is -2.40. The molecule has 0 N–H and O–H groups in total. The van der Waals surface area contributed by atoms with E-state index in [1.807, 2.05) is 61.0 Å². The van der Waals surface area contributed by atoms with E-state index in [4.69, 9.17) is 0 Å². The van der Waals surface area contributed by atoms with Crippen molar-refractivity contribution in [3.05, 3.63) is 279 Å². The van der Waals surface area contributed by atoms with Crippen molar-refractivity contribution < 1.29 is 36.5 Å². The lowest BCUT2D eigenvalue weighted by atomic mass is 10.1. The minimum atomic E-state index is 0.926. The van der Waals surface area contributed by atoms with E-state index >= 15 is 0 Å². The third-order valence-electron chi connectivity index (χ3n) is 23.0. The molecule has 0 unspecified atom stereocenters. The molecule has 20 rings (SSSR count). The number of pyridine rings is 4. The SMILES string of the molecule is Cc1cccc(C)c1-n1c(-c2cccc(-c3cn4ccnc4n3C)[n+]2C)[n+](C)c2ccccc21.Cc1cccc(C)c1-n1cc[n+](C)c1-c1cccc(-c2cn3ccnc3n2C)[n+]1C.Cn1c(-c2cccc(-c3cn4ccnc4n3C)[n+]2C)[n+](C)c2ccccc21.Cn1cc[n+](C)c1-c1cccc(-c2cn3ccnc3n2C)[n+]1C. The third kappa shape index (κ3) is 11.9. The first kappa shape index (κ1) is 72.7. The van der Waals surface area contributed by atoms with Crippen molar-refractivity contribution in [3.8, 4) is 103 Å². The molecular weight excluding hydrogens is 1420 g/mol. The van der Waals surface area contributed by atoms with Gasteiger partial charge in [0.2, 0.25) is 45.9 Å². The van der Waals surface area contributed by atoms with Gasteiger partial charge in [0.15, 0.2) is 22.1 Å². The zero-order chi connectivity index (χ0) is 79.4. The number of aromatic nitrogens is 24. The van der Waals surface area contributed by atoms with Crippen LogP contribution in [0.2, 0.25) is 0 Å². The summed E-state index contributed by atoms with van der Waals surface area (Å²) in [5.41, 5.74) is 26.0. The maximum atomic E-state index is 4.50. The van der Waals surface area contributed by atoms with Crippen LogP contribution in [0.5, 0.6) is 0 Å². The molecule has 0 amide bonds. The molecule has 0 aliphatic carbocycles. The lowest BCUT2D eigenvalue weighted by Gasteiger charge is -2.09. The quantitative estimate of drug-likeness (QED) is 0.126. The Morgan fingerprint density at radius 3 is 0.974 bits per heavy atom. The standard InChI is InChI=1S/C28H28N6.C24H26N6.C21H22N6.C17H20N6/c1-19-10-8-11-20(2)26(19)34-23-13-7-6-12-21(23)31(4)27(34)24-15-9-14-22(30(24)3)25-18-33-17-16-29-28(33)32(25)5;1-17-8-6-9-18(2)22(17)30-15-14-26(3)23(30)20-11-7-10-19(27(20)4)21-16-29-13-12-25-24(29)28(21)5;1-23-17(19-14-27-13-12-22-21(27)26(19)4)10-7-11-18(23)20-24(2)15-8-5-6-9-16(15)25(20)3;1-19-10-11-20(2)16(19)14-7-5-6-13(21(14)3)15-12-23-9-8-18-17(23)22(15)4/h6-18H,1-5H3;6-16H,1-5H3;5-14H,1-4H3;5-12H,1-4H3/q4*+2. The van der Waals surface area contributed by atoms with Gasteiger partial charge < -0.3 is 18.3 Å². The van der Waals surface area contributed by atoms with Crippen LogP contribution >= 0.6 is 0 Å². The van der Waals surface area contributed by atoms with Crippen LogP contribution in [0.4, 0.5) is 0 Å². The molecule has 4 aromatic carbocycles. The second-order valence-electron chi connectivity index (χ2n) is 29.8. The Bertz CT molecular complexity index is 7020. The van der Waals surface area contributed by atoms with Gasteiger partial charge >= 0.3 is 23.3 Å². The van der Waals surface area contributed by atoms with Crippen molar-refractivity contribution in [1.29, 1.82) is 0 Å². The largest absolute Gasteiger partial charge is 0.360 e. The summed E-state index contributed by atoms with van der Waals surface area (Å²) in [6.45, 7) is 8.72. The van der Waals surface area contributed by atoms with Crippen molar-refractivity contribution in [3.63, 3.8) is 0 Å². The second-order valence-corrected chi connectivity index (χ2v) is 29.8. The third-order valence-corrected chi connectivity index (χ3v) is 23.0. The molecule has 0 fully saturated rings. The van der Waals surface area contributed by atoms with Crippen LogP contribution in [0.15, 0.2) is 257 Å². The van der Waals surface area contributed by atoms with Crippen molar-refractivity contribution in [2.75, 3.05) is 0 Å². The Labute approximate surface area is 660 Å². The van der Waals surface area contributed by atoms with Gasteiger partial charge in [-0.2, -0.15) is 27.4 Å². The van der Waals surface area contributed by atoms with Gasteiger partial charge in [-0.15, -0.1) is 0 Å². The van der Waals surface area contributed by atoms with Gasteiger partial charge in [0.25, 0.3) is 22.8 Å². The minimum Gasteiger partial charge on any atom is -0.308 e. The second kappa shape index (κ2) is 28.6. The molecule has 24 nitrogen and oxygen atoms in total. The van der Waals surface area contributed by atoms with E-state index in [0.29, 0.717) is 0 Å². The summed E-state index contributed by atoms with van der Waals surface area (Å²) >= 11 is 0. The number of rotatable bonds is 10. The zero-order valence-corrected chi connectivity index (χ0v) is 68.0. The highest BCUT2D eigenvalue weighted by Gasteiger charge is 2.37. The molecule has 16 aromatic heterocycles. The van der Waals surface area contributed by atoms with Gasteiger partial charge in [-0.25, -0.2) is 47.3 Å². The van der Waals surface area contributed by atoms with Crippen LogP contribution in [0.25, 0.3) is 148 Å². The Morgan fingerprint density at radius 2 is 0.588 bits per heavy atom. The average molecular weight is 1510 g/mol. The molecule has 0 saturated carbocycles. The van der Waals surface area contributed by atoms with Gasteiger partial charge in [0.1, 0.15) is 87.1 Å². The number of nitrogens with zero attached hydrogens (tertiary/aromatic N) is 24. The number of aryl methyl sites for hydroxylation is 14. The molecule has 0 saturated heterocycles. The Kier molecular flexibility index (Phi) is 18.2. The fourth-order valence-electron chi connectivity index (χ4n) is 17.1. The van der Waals surface area contributed by atoms with Crippen molar-refractivity contribution in [1.82, 2.24) is 74.1 Å². The van der Waals surface area contributed by atoms with E-state index in [2.05, 4.69) is 433 Å². The normalized spacial score (nSPS) is 11.6. The van der Waals surface area contributed by atoms with Crippen molar-refractivity contribution >= 4 is 45.2 Å². The number of benzene rings is 4. The van der Waals surface area contributed by atoms with E-state index < -0.39 is 0 Å². The predicted molar refractivity (Wildman–Crippen MR) is 440 cm³/mol. The van der Waals surface area contributed by atoms with Gasteiger partial charge in [0, 0.05) is 151 Å². The topological polar surface area (TPSA) is 140 Å². The molecule has 0 bridgehead atoms. The zero-order valence-electron chi connectivity index (χ0n) is 68.0. The van der Waals surface area contributed by atoms with Crippen LogP contribution in [-0.2, 0) is 98.7 Å². The minimum absolute atomic E-state index is 0.926. The summed E-state index contributed by atoms with van der Waals surface area (Å²) in [7, 11) is 29.4. The predicted octanol–water partition coefficient (Wildman–Crippen LogP) is 10.4. The smallest absolute Gasteiger partial charge is 0.308 e. The molecule has 568 valence electrons. The summed E-state index contributed by atoms with van der Waals surface area (Å²) in [6.07, 6.45) is 32.1. The maximum absolute atomic E-state index is 4.50. The molecule has 20 aromatic rings. The van der Waals surface area contributed by atoms with Gasteiger partial charge in [-0.1, -0.05) is 60.7 Å². The number of para-hydroxylation sites is 6. The van der Waals surface area contributed by atoms with E-state index in [9.17, 15) is 0 Å². The molecule has 0 atom stereocenters. The fraction of sp³-hybridized carbons (Fsp3) is 0.200. The first-order valence-electron chi connectivity index (χ1n) is 38.2. The summed E-state index contributed by atoms with van der Waals surface area (Å²) in [6, 6.07) is 55.9. The first-order chi connectivity index (χ1) is 55.1. The molecule has 24 heteroatoms. The molecule has 16 heterocycles. The Hall–Kier alpha value is -14.2. The number of imidazole rings is 12. The number of hydrogen-bond acceptors (Lipinski definition) is 4. The van der Waals surface area contributed by atoms with Crippen LogP contribution in [0, 0.1) is 27.7 Å². The van der Waals surface area contributed by atoms with Gasteiger partial charge in [0.05, 0.1) is 42.3 Å². The number of fused-ring (bicyclic) bond motifs is 6. The van der Waals surface area contributed by atoms with Crippen LogP contribution in [0.3, 0.4) is 0 Å². The average Bonchev–Trinajstić information content (AvgIpc) is 1.58. The summed E-state index contributed by atoms with van der Waals surface area (Å²) in [5, 5.41) is 0. The molecule has 0 spiro atoms. The van der Waals surface area contributed by atoms with E-state index in [-0.39, 0.29) is 0 Å². The molecule has 0 aliphatic heterocycles. The molecule has 0 aliphatic rings. The summed E-state index contributed by atoms with van der Waals surface area (Å²) < 4.78 is 43.7. The van der Waals surface area contributed by atoms with Crippen molar-refractivity contribution in [2.45, 2.75) is 27.7 Å². The maximum Gasteiger partial charge on any atom is 0.360 e. The Balaban J connectivity index is 0.000000111. The Morgan fingerprint density at radius 1 is 0.272 bits per heavy atom. The highest BCUT2D eigenvalue weighted by Crippen LogP contribution is 2.33. The van der Waals surface area contributed by atoms with Crippen LogP contribution in [-0.4, -0.2) is 74.1 Å². The monoisotopic (exact) mass is 1510 g/mol. The summed E-state index contributed by atoms with van der Waals surface area (Å²) in [4.78, 5) is 17.8. The lowest BCUT2D eigenvalue weighted by molar-refractivity contribution is -0.685. The van der Waals surface area contributed by atoms with Crippen molar-refractivity contribution in [2.24, 2.45) is 98.7 Å². The van der Waals surface area contributed by atoms with Crippen LogP contribution in [0.1, 0.15) is 22.3 Å². The highest BCUT2D eigenvalue weighted by molar-refractivity contribution is 5.80. The van der Waals surface area contributed by atoms with Gasteiger partial charge in [-0.05, 0) is 98.5 Å². The van der Waals surface area contributed by atoms with E-state index in [0.717, 1.165) is 109 Å².